The summed E-state index contributed by atoms with van der Waals surface area (Å²) in [7, 11) is 3.92. The van der Waals surface area contributed by atoms with E-state index < -0.39 is 0 Å². The maximum absolute atomic E-state index is 13.8. The molecule has 1 saturated heterocycles. The summed E-state index contributed by atoms with van der Waals surface area (Å²) < 4.78 is 19.1. The molecule has 0 aliphatic carbocycles. The summed E-state index contributed by atoms with van der Waals surface area (Å²) in [5, 5.41) is 6.09. The van der Waals surface area contributed by atoms with Gasteiger partial charge in [0.25, 0.3) is 0 Å². The molecule has 0 saturated carbocycles. The van der Waals surface area contributed by atoms with Crippen molar-refractivity contribution in [3.63, 3.8) is 0 Å². The van der Waals surface area contributed by atoms with Crippen LogP contribution in [-0.4, -0.2) is 61.2 Å². The average molecular weight is 389 g/mol. The summed E-state index contributed by atoms with van der Waals surface area (Å²) in [5.74, 6) is -0.316. The molecule has 0 spiro atoms. The van der Waals surface area contributed by atoms with E-state index in [0.29, 0.717) is 6.04 Å². The number of aryl methyl sites for hydroxylation is 1. The van der Waals surface area contributed by atoms with Crippen LogP contribution in [0, 0.1) is 12.7 Å². The molecular formula is C20H25FN4OS. The standard InChI is InChI=1S/C20H25FN4OS/c1-13-8-17-19(25-6-5-24(2)16(12-25)4-7-26-3)18-14(9-15(21)11-22-18)10-23-20(17)27-13/h8-11,16,23H,4-7,12H2,1-3H3. The van der Waals surface area contributed by atoms with Gasteiger partial charge in [-0.1, -0.05) is 0 Å². The van der Waals surface area contributed by atoms with Gasteiger partial charge in [-0.05, 0) is 32.5 Å². The van der Waals surface area contributed by atoms with Crippen LogP contribution in [0.5, 0.6) is 0 Å². The highest BCUT2D eigenvalue weighted by atomic mass is 32.1. The van der Waals surface area contributed by atoms with Crippen molar-refractivity contribution in [1.29, 1.82) is 0 Å². The predicted octanol–water partition coefficient (Wildman–Crippen LogP) is 1.56. The minimum Gasteiger partial charge on any atom is -0.385 e. The first-order valence-electron chi connectivity index (χ1n) is 9.24. The van der Waals surface area contributed by atoms with E-state index in [-0.39, 0.29) is 5.82 Å². The fourth-order valence-electron chi connectivity index (χ4n) is 3.87. The first-order chi connectivity index (χ1) is 13.1. The molecule has 2 aromatic heterocycles. The Morgan fingerprint density at radius 2 is 2.22 bits per heavy atom. The van der Waals surface area contributed by atoms with Gasteiger partial charge in [0, 0.05) is 61.3 Å². The van der Waals surface area contributed by atoms with Crippen molar-refractivity contribution in [1.82, 2.24) is 14.8 Å². The van der Waals surface area contributed by atoms with Crippen LogP contribution in [0.15, 0.2) is 18.3 Å². The van der Waals surface area contributed by atoms with Crippen LogP contribution in [0.2, 0.25) is 0 Å². The molecule has 1 N–H and O–H groups in total. The minimum atomic E-state index is -0.316. The monoisotopic (exact) mass is 388 g/mol. The van der Waals surface area contributed by atoms with Gasteiger partial charge in [0.05, 0.1) is 17.2 Å². The summed E-state index contributed by atoms with van der Waals surface area (Å²) in [6, 6.07) is 4.18. The number of fused-ring (bicyclic) bond motifs is 2. The number of hydrogen-bond acceptors (Lipinski definition) is 6. The second-order valence-electron chi connectivity index (χ2n) is 7.19. The lowest BCUT2D eigenvalue weighted by Gasteiger charge is -2.41. The molecule has 7 heteroatoms. The number of thiophene rings is 1. The Labute approximate surface area is 162 Å². The van der Waals surface area contributed by atoms with Crippen molar-refractivity contribution in [3.8, 4) is 0 Å². The normalized spacial score (nSPS) is 19.8. The smallest absolute Gasteiger partial charge is 0.142 e. The number of aromatic nitrogens is 1. The number of hydrogen-bond donors (Lipinski definition) is 1. The fraction of sp³-hybridized carbons (Fsp3) is 0.450. The summed E-state index contributed by atoms with van der Waals surface area (Å²) in [4.78, 5) is 10.5. The number of methoxy groups -OCH3 is 1. The van der Waals surface area contributed by atoms with E-state index in [1.807, 2.05) is 6.20 Å². The quantitative estimate of drug-likeness (QED) is 0.861. The molecule has 144 valence electrons. The molecule has 4 heterocycles. The molecule has 0 amide bonds. The topological polar surface area (TPSA) is 40.6 Å². The van der Waals surface area contributed by atoms with Gasteiger partial charge in [0.2, 0.25) is 0 Å². The van der Waals surface area contributed by atoms with Crippen LogP contribution in [0.3, 0.4) is 0 Å². The van der Waals surface area contributed by atoms with E-state index in [2.05, 4.69) is 40.1 Å². The van der Waals surface area contributed by atoms with Crippen molar-refractivity contribution in [3.05, 3.63) is 45.2 Å². The van der Waals surface area contributed by atoms with Crippen molar-refractivity contribution in [2.24, 2.45) is 0 Å². The zero-order valence-corrected chi connectivity index (χ0v) is 16.8. The number of anilines is 1. The fourth-order valence-corrected chi connectivity index (χ4v) is 4.75. The summed E-state index contributed by atoms with van der Waals surface area (Å²) in [6.45, 7) is 5.66. The van der Waals surface area contributed by atoms with Crippen molar-refractivity contribution >= 4 is 28.2 Å². The van der Waals surface area contributed by atoms with E-state index >= 15 is 0 Å². The maximum Gasteiger partial charge on any atom is 0.142 e. The summed E-state index contributed by atoms with van der Waals surface area (Å²) in [5.41, 5.74) is 2.25. The molecule has 1 fully saturated rings. The molecule has 1 atom stereocenters. The average Bonchev–Trinajstić information content (AvgIpc) is 2.95. The third kappa shape index (κ3) is 3.59. The number of piperazine rings is 1. The second kappa shape index (κ2) is 7.58. The summed E-state index contributed by atoms with van der Waals surface area (Å²) >= 11 is 1.72. The molecule has 0 aromatic carbocycles. The highest BCUT2D eigenvalue weighted by Crippen LogP contribution is 2.34. The van der Waals surface area contributed by atoms with Gasteiger partial charge >= 0.3 is 0 Å². The SMILES string of the molecule is COCCC1CN(C2=c3ncc(F)cc3=CNc3sc(C)cc32)CCN1C. The summed E-state index contributed by atoms with van der Waals surface area (Å²) in [6.07, 6.45) is 4.17. The first-order valence-corrected chi connectivity index (χ1v) is 10.1. The molecule has 2 aliphatic rings. The van der Waals surface area contributed by atoms with Crippen LogP contribution < -0.4 is 15.9 Å². The third-order valence-electron chi connectivity index (χ3n) is 5.33. The molecule has 0 radical (unpaired) electrons. The lowest BCUT2D eigenvalue weighted by Crippen LogP contribution is -2.52. The molecular weight excluding hydrogens is 363 g/mol. The molecule has 2 aliphatic heterocycles. The van der Waals surface area contributed by atoms with E-state index in [0.717, 1.165) is 59.5 Å². The largest absolute Gasteiger partial charge is 0.385 e. The van der Waals surface area contributed by atoms with Crippen LogP contribution in [0.25, 0.3) is 11.9 Å². The third-order valence-corrected chi connectivity index (χ3v) is 6.31. The Hall–Kier alpha value is -1.96. The van der Waals surface area contributed by atoms with E-state index in [1.54, 1.807) is 24.5 Å². The van der Waals surface area contributed by atoms with Crippen molar-refractivity contribution in [2.45, 2.75) is 19.4 Å². The number of halogens is 1. The van der Waals surface area contributed by atoms with Gasteiger partial charge in [0.15, 0.2) is 0 Å². The highest BCUT2D eigenvalue weighted by Gasteiger charge is 2.29. The maximum atomic E-state index is 13.8. The molecule has 1 unspecified atom stereocenters. The van der Waals surface area contributed by atoms with Crippen LogP contribution >= 0.6 is 11.3 Å². The second-order valence-corrected chi connectivity index (χ2v) is 8.45. The van der Waals surface area contributed by atoms with Crippen molar-refractivity contribution in [2.75, 3.05) is 45.7 Å². The Balaban J connectivity index is 1.83. The number of likely N-dealkylation sites (N-methyl/N-ethyl adjacent to an activating group) is 1. The van der Waals surface area contributed by atoms with Crippen LogP contribution in [0.4, 0.5) is 9.39 Å². The molecule has 0 bridgehead atoms. The van der Waals surface area contributed by atoms with E-state index in [9.17, 15) is 4.39 Å². The Kier molecular flexibility index (Phi) is 5.16. The van der Waals surface area contributed by atoms with E-state index in [4.69, 9.17) is 4.74 Å². The van der Waals surface area contributed by atoms with Gasteiger partial charge < -0.3 is 15.0 Å². The minimum absolute atomic E-state index is 0.316. The lowest BCUT2D eigenvalue weighted by atomic mass is 10.1. The van der Waals surface area contributed by atoms with Gasteiger partial charge in [-0.2, -0.15) is 0 Å². The van der Waals surface area contributed by atoms with Gasteiger partial charge in [-0.3, -0.25) is 9.88 Å². The number of rotatable bonds is 4. The number of nitrogens with one attached hydrogen (secondary N) is 1. The Morgan fingerprint density at radius 1 is 1.37 bits per heavy atom. The molecule has 27 heavy (non-hydrogen) atoms. The zero-order chi connectivity index (χ0) is 19.0. The Morgan fingerprint density at radius 3 is 3.04 bits per heavy atom. The Bertz CT molecular complexity index is 957. The lowest BCUT2D eigenvalue weighted by molar-refractivity contribution is 0.0960. The number of pyridine rings is 1. The van der Waals surface area contributed by atoms with Gasteiger partial charge in [-0.25, -0.2) is 4.39 Å². The van der Waals surface area contributed by atoms with Gasteiger partial charge in [0.1, 0.15) is 10.8 Å². The van der Waals surface area contributed by atoms with Crippen LogP contribution in [0.1, 0.15) is 16.9 Å². The predicted molar refractivity (Wildman–Crippen MR) is 108 cm³/mol. The molecule has 5 nitrogen and oxygen atoms in total. The highest BCUT2D eigenvalue weighted by molar-refractivity contribution is 7.16. The number of nitrogens with zero attached hydrogens (tertiary/aromatic N) is 3. The molecule has 2 aromatic rings. The zero-order valence-electron chi connectivity index (χ0n) is 16.0. The van der Waals surface area contributed by atoms with E-state index in [1.165, 1.54) is 11.1 Å². The van der Waals surface area contributed by atoms with Crippen LogP contribution in [-0.2, 0) is 4.74 Å². The van der Waals surface area contributed by atoms with Crippen molar-refractivity contribution < 1.29 is 9.13 Å². The van der Waals surface area contributed by atoms with Gasteiger partial charge in [-0.15, -0.1) is 11.3 Å². The number of ether oxygens (including phenoxy) is 1. The first kappa shape index (κ1) is 18.4. The molecule has 4 rings (SSSR count).